The molecule has 3 N–H and O–H groups in total. The number of para-hydroxylation sites is 2. The van der Waals surface area contributed by atoms with Crippen molar-refractivity contribution in [2.45, 2.75) is 44.8 Å². The summed E-state index contributed by atoms with van der Waals surface area (Å²) >= 11 is 0. The van der Waals surface area contributed by atoms with Gasteiger partial charge in [0.05, 0.1) is 12.7 Å². The molecular weight excluding hydrogens is 390 g/mol. The van der Waals surface area contributed by atoms with E-state index in [1.807, 2.05) is 48.5 Å². The Kier molecular flexibility index (Phi) is 4.68. The summed E-state index contributed by atoms with van der Waals surface area (Å²) in [4.78, 5) is 26.1. The molecule has 6 rings (SSSR count). The summed E-state index contributed by atoms with van der Waals surface area (Å²) in [5.41, 5.74) is 1.90. The molecule has 3 saturated carbocycles. The highest BCUT2D eigenvalue weighted by molar-refractivity contribution is 6.02. The molecule has 1 spiro atoms. The van der Waals surface area contributed by atoms with Crippen molar-refractivity contribution in [1.82, 2.24) is 10.6 Å². The fourth-order valence-corrected chi connectivity index (χ4v) is 6.01. The third-order valence-electron chi connectivity index (χ3n) is 7.63. The number of rotatable bonds is 4. The number of nitrogens with one attached hydrogen (secondary N) is 3. The number of anilines is 1. The van der Waals surface area contributed by atoms with Gasteiger partial charge in [0.1, 0.15) is 11.4 Å². The number of ether oxygens (including phenoxy) is 1. The Bertz CT molecular complexity index is 1040. The lowest BCUT2D eigenvalue weighted by atomic mass is 9.51. The fraction of sp³-hybridized carbons (Fsp3) is 0.440. The Morgan fingerprint density at radius 1 is 1.16 bits per heavy atom. The molecular formula is C25H29N3O3. The van der Waals surface area contributed by atoms with E-state index >= 15 is 0 Å². The summed E-state index contributed by atoms with van der Waals surface area (Å²) in [5.74, 6) is 1.00. The predicted octanol–water partition coefficient (Wildman–Crippen LogP) is 3.69. The summed E-state index contributed by atoms with van der Waals surface area (Å²) < 4.78 is 5.41. The standard InChI is InChI=1S/C25H29N3O3/c1-24-12-11-17(25(15-24)27-20-9-5-4-8-18(20)22(29)28-25)13-19(24)23(30)26-14-16-7-3-6-10-21(16)31-2/h3-10,17,19,27H,11-15H2,1-2H3,(H,26,30)(H,28,29)/t17-,19+,24-,25-/m0/s1. The molecule has 0 saturated heterocycles. The molecule has 1 aliphatic heterocycles. The van der Waals surface area contributed by atoms with Gasteiger partial charge in [-0.1, -0.05) is 37.3 Å². The van der Waals surface area contributed by atoms with Crippen LogP contribution in [0.1, 0.15) is 48.5 Å². The normalized spacial score (nSPS) is 30.8. The van der Waals surface area contributed by atoms with E-state index in [-0.39, 0.29) is 29.1 Å². The average molecular weight is 420 g/mol. The summed E-state index contributed by atoms with van der Waals surface area (Å²) in [5, 5.41) is 10.1. The lowest BCUT2D eigenvalue weighted by Gasteiger charge is -2.60. The van der Waals surface area contributed by atoms with Gasteiger partial charge < -0.3 is 20.7 Å². The molecule has 6 heteroatoms. The van der Waals surface area contributed by atoms with Gasteiger partial charge in [-0.3, -0.25) is 9.59 Å². The molecule has 1 heterocycles. The lowest BCUT2D eigenvalue weighted by Crippen LogP contribution is -2.70. The minimum atomic E-state index is -0.474. The van der Waals surface area contributed by atoms with Gasteiger partial charge in [-0.05, 0) is 49.3 Å². The molecule has 6 nitrogen and oxygen atoms in total. The van der Waals surface area contributed by atoms with Crippen molar-refractivity contribution < 1.29 is 14.3 Å². The number of carbonyl (C=O) groups is 2. The van der Waals surface area contributed by atoms with Crippen LogP contribution >= 0.6 is 0 Å². The molecule has 2 aromatic rings. The molecule has 2 amide bonds. The second kappa shape index (κ2) is 7.29. The number of carbonyl (C=O) groups excluding carboxylic acids is 2. The SMILES string of the molecule is COc1ccccc1CNC(=O)[C@H]1C[C@@H]2CC[C@@]1(C)C[C@]21NC(=O)c2ccccc2N1. The van der Waals surface area contributed by atoms with Crippen molar-refractivity contribution in [1.29, 1.82) is 0 Å². The predicted molar refractivity (Wildman–Crippen MR) is 119 cm³/mol. The van der Waals surface area contributed by atoms with E-state index in [9.17, 15) is 9.59 Å². The van der Waals surface area contributed by atoms with Crippen LogP contribution in [0, 0.1) is 17.3 Å². The first kappa shape index (κ1) is 19.9. The summed E-state index contributed by atoms with van der Waals surface area (Å²) in [6.07, 6.45) is 3.51. The molecule has 0 radical (unpaired) electrons. The second-order valence-electron chi connectivity index (χ2n) is 9.48. The highest BCUT2D eigenvalue weighted by Gasteiger charge is 2.60. The van der Waals surface area contributed by atoms with Gasteiger partial charge in [-0.15, -0.1) is 0 Å². The largest absolute Gasteiger partial charge is 0.496 e. The quantitative estimate of drug-likeness (QED) is 0.706. The second-order valence-corrected chi connectivity index (χ2v) is 9.48. The number of hydrogen-bond donors (Lipinski definition) is 3. The van der Waals surface area contributed by atoms with Gasteiger partial charge >= 0.3 is 0 Å². The molecule has 0 unspecified atom stereocenters. The van der Waals surface area contributed by atoms with Crippen LogP contribution in [0.4, 0.5) is 5.69 Å². The van der Waals surface area contributed by atoms with Crippen LogP contribution in [0.25, 0.3) is 0 Å². The van der Waals surface area contributed by atoms with Crippen molar-refractivity contribution in [3.05, 3.63) is 59.7 Å². The zero-order valence-electron chi connectivity index (χ0n) is 18.0. The third-order valence-corrected chi connectivity index (χ3v) is 7.63. The van der Waals surface area contributed by atoms with Crippen LogP contribution < -0.4 is 20.7 Å². The maximum absolute atomic E-state index is 13.2. The van der Waals surface area contributed by atoms with Crippen LogP contribution in [0.3, 0.4) is 0 Å². The monoisotopic (exact) mass is 419 g/mol. The number of methoxy groups -OCH3 is 1. The molecule has 4 aliphatic rings. The molecule has 2 aromatic carbocycles. The van der Waals surface area contributed by atoms with Crippen molar-refractivity contribution in [2.75, 3.05) is 12.4 Å². The average Bonchev–Trinajstić information content (AvgIpc) is 2.77. The summed E-state index contributed by atoms with van der Waals surface area (Å²) in [6, 6.07) is 15.4. The van der Waals surface area contributed by atoms with E-state index in [4.69, 9.17) is 4.74 Å². The van der Waals surface area contributed by atoms with Gasteiger partial charge in [0, 0.05) is 29.6 Å². The first-order chi connectivity index (χ1) is 14.9. The van der Waals surface area contributed by atoms with E-state index in [0.29, 0.717) is 12.1 Å². The first-order valence-corrected chi connectivity index (χ1v) is 11.0. The van der Waals surface area contributed by atoms with Gasteiger partial charge in [0.15, 0.2) is 0 Å². The Morgan fingerprint density at radius 2 is 1.94 bits per heavy atom. The Hall–Kier alpha value is -3.02. The van der Waals surface area contributed by atoms with Crippen LogP contribution in [0.2, 0.25) is 0 Å². The molecule has 31 heavy (non-hydrogen) atoms. The summed E-state index contributed by atoms with van der Waals surface area (Å²) in [7, 11) is 1.64. The maximum atomic E-state index is 13.2. The van der Waals surface area contributed by atoms with E-state index in [0.717, 1.165) is 42.7 Å². The summed E-state index contributed by atoms with van der Waals surface area (Å²) in [6.45, 7) is 2.65. The van der Waals surface area contributed by atoms with E-state index in [2.05, 4.69) is 22.9 Å². The van der Waals surface area contributed by atoms with E-state index in [1.165, 1.54) is 0 Å². The van der Waals surface area contributed by atoms with Crippen LogP contribution in [0.5, 0.6) is 5.75 Å². The molecule has 3 aliphatic carbocycles. The maximum Gasteiger partial charge on any atom is 0.255 e. The van der Waals surface area contributed by atoms with Crippen LogP contribution in [-0.2, 0) is 11.3 Å². The number of hydrogen-bond acceptors (Lipinski definition) is 4. The highest BCUT2D eigenvalue weighted by atomic mass is 16.5. The minimum absolute atomic E-state index is 0.0253. The van der Waals surface area contributed by atoms with Crippen molar-refractivity contribution >= 4 is 17.5 Å². The fourth-order valence-electron chi connectivity index (χ4n) is 6.01. The van der Waals surface area contributed by atoms with Gasteiger partial charge in [-0.2, -0.15) is 0 Å². The van der Waals surface area contributed by atoms with Gasteiger partial charge in [0.2, 0.25) is 5.91 Å². The molecule has 4 atom stereocenters. The van der Waals surface area contributed by atoms with Gasteiger partial charge in [0.25, 0.3) is 5.91 Å². The molecule has 0 aromatic heterocycles. The van der Waals surface area contributed by atoms with Crippen molar-refractivity contribution in [2.24, 2.45) is 17.3 Å². The Morgan fingerprint density at radius 3 is 2.74 bits per heavy atom. The van der Waals surface area contributed by atoms with Crippen LogP contribution in [0.15, 0.2) is 48.5 Å². The lowest BCUT2D eigenvalue weighted by molar-refractivity contribution is -0.139. The number of benzene rings is 2. The highest BCUT2D eigenvalue weighted by Crippen LogP contribution is 2.58. The minimum Gasteiger partial charge on any atom is -0.496 e. The smallest absolute Gasteiger partial charge is 0.255 e. The number of fused-ring (bicyclic) bond motifs is 3. The zero-order valence-corrected chi connectivity index (χ0v) is 18.0. The Balaban J connectivity index is 1.34. The molecule has 3 fully saturated rings. The van der Waals surface area contributed by atoms with E-state index in [1.54, 1.807) is 7.11 Å². The van der Waals surface area contributed by atoms with E-state index < -0.39 is 5.66 Å². The first-order valence-electron chi connectivity index (χ1n) is 11.0. The zero-order chi connectivity index (χ0) is 21.6. The van der Waals surface area contributed by atoms with Crippen molar-refractivity contribution in [3.63, 3.8) is 0 Å². The number of amides is 2. The van der Waals surface area contributed by atoms with Crippen molar-refractivity contribution in [3.8, 4) is 5.75 Å². The molecule has 2 bridgehead atoms. The Labute approximate surface area is 182 Å². The third kappa shape index (κ3) is 3.25. The topological polar surface area (TPSA) is 79.5 Å². The van der Waals surface area contributed by atoms with Crippen LogP contribution in [-0.4, -0.2) is 24.6 Å². The molecule has 162 valence electrons. The van der Waals surface area contributed by atoms with Gasteiger partial charge in [-0.25, -0.2) is 0 Å².